The lowest BCUT2D eigenvalue weighted by molar-refractivity contribution is 0.258. The van der Waals surface area contributed by atoms with Gasteiger partial charge in [-0.2, -0.15) is 0 Å². The Kier molecular flexibility index (Phi) is 3.44. The molecule has 4 nitrogen and oxygen atoms in total. The van der Waals surface area contributed by atoms with Crippen LogP contribution in [0.25, 0.3) is 0 Å². The van der Waals surface area contributed by atoms with Crippen molar-refractivity contribution in [2.75, 3.05) is 11.5 Å². The molecule has 2 atom stereocenters. The Bertz CT molecular complexity index is 673. The number of fused-ring (bicyclic) bond motifs is 1. The molecule has 1 aliphatic heterocycles. The maximum Gasteiger partial charge on any atom is 0.150 e. The van der Waals surface area contributed by atoms with Gasteiger partial charge in [0.15, 0.2) is 0 Å². The number of nitrogens with two attached hydrogens (primary N) is 1. The van der Waals surface area contributed by atoms with Crippen LogP contribution in [0.15, 0.2) is 41.6 Å². The smallest absolute Gasteiger partial charge is 0.150 e. The van der Waals surface area contributed by atoms with E-state index in [4.69, 9.17) is 10.5 Å². The third-order valence-corrected chi connectivity index (χ3v) is 4.76. The van der Waals surface area contributed by atoms with Gasteiger partial charge >= 0.3 is 0 Å². The molecule has 20 heavy (non-hydrogen) atoms. The van der Waals surface area contributed by atoms with E-state index >= 15 is 0 Å². The van der Waals surface area contributed by atoms with E-state index in [0.29, 0.717) is 16.5 Å². The molecule has 1 aliphatic rings. The molecule has 0 saturated heterocycles. The Hall–Kier alpha value is -1.88. The zero-order valence-electron chi connectivity index (χ0n) is 11.2. The summed E-state index contributed by atoms with van der Waals surface area (Å²) >= 11 is 0. The Morgan fingerprint density at radius 2 is 2.30 bits per heavy atom. The first-order valence-electron chi connectivity index (χ1n) is 6.48. The fourth-order valence-corrected chi connectivity index (χ4v) is 3.57. The summed E-state index contributed by atoms with van der Waals surface area (Å²) in [6, 6.07) is 9.57. The van der Waals surface area contributed by atoms with Gasteiger partial charge in [0.05, 0.1) is 22.2 Å². The number of rotatable bonds is 3. The van der Waals surface area contributed by atoms with Crippen molar-refractivity contribution in [1.82, 2.24) is 4.98 Å². The van der Waals surface area contributed by atoms with Crippen LogP contribution < -0.4 is 10.5 Å². The Morgan fingerprint density at radius 3 is 3.10 bits per heavy atom. The molecule has 0 fully saturated rings. The molecule has 5 heteroatoms. The lowest BCUT2D eigenvalue weighted by atomic mass is 10.1. The van der Waals surface area contributed by atoms with Gasteiger partial charge in [-0.3, -0.25) is 4.21 Å². The standard InChI is InChI=1S/C15H16N2O2S/c1-10-4-5-14-11(7-10)8-12(19-14)9-20(18)15-13(16)3-2-6-17-15/h2-7,12H,8-9,16H2,1H3. The minimum atomic E-state index is -1.24. The summed E-state index contributed by atoms with van der Waals surface area (Å²) in [5, 5.41) is 0.447. The second-order valence-corrected chi connectivity index (χ2v) is 6.38. The van der Waals surface area contributed by atoms with E-state index in [0.717, 1.165) is 12.2 Å². The van der Waals surface area contributed by atoms with Gasteiger partial charge in [0.25, 0.3) is 0 Å². The predicted octanol–water partition coefficient (Wildman–Crippen LogP) is 2.08. The number of aryl methyl sites for hydroxylation is 1. The van der Waals surface area contributed by atoms with Crippen LogP contribution in [0.5, 0.6) is 5.75 Å². The SMILES string of the molecule is Cc1ccc2c(c1)CC(CS(=O)c1ncccc1N)O2. The van der Waals surface area contributed by atoms with Gasteiger partial charge in [-0.05, 0) is 30.7 Å². The first-order valence-corrected chi connectivity index (χ1v) is 7.80. The summed E-state index contributed by atoms with van der Waals surface area (Å²) in [6.07, 6.45) is 2.32. The van der Waals surface area contributed by atoms with E-state index in [1.807, 2.05) is 12.1 Å². The summed E-state index contributed by atoms with van der Waals surface area (Å²) in [5.74, 6) is 1.31. The molecule has 0 amide bonds. The van der Waals surface area contributed by atoms with E-state index < -0.39 is 10.8 Å². The number of hydrogen-bond acceptors (Lipinski definition) is 4. The van der Waals surface area contributed by atoms with Gasteiger partial charge in [-0.1, -0.05) is 17.7 Å². The van der Waals surface area contributed by atoms with Crippen molar-refractivity contribution >= 4 is 16.5 Å². The molecular formula is C15H16N2O2S. The number of pyridine rings is 1. The number of aromatic nitrogens is 1. The molecule has 1 aromatic carbocycles. The molecule has 3 rings (SSSR count). The highest BCUT2D eigenvalue weighted by molar-refractivity contribution is 7.85. The maximum atomic E-state index is 12.3. The molecule has 0 radical (unpaired) electrons. The predicted molar refractivity (Wildman–Crippen MR) is 79.2 cm³/mol. The lowest BCUT2D eigenvalue weighted by Crippen LogP contribution is -2.22. The highest BCUT2D eigenvalue weighted by Crippen LogP contribution is 2.30. The fraction of sp³-hybridized carbons (Fsp3) is 0.267. The van der Waals surface area contributed by atoms with Gasteiger partial charge in [0.2, 0.25) is 0 Å². The second kappa shape index (κ2) is 5.25. The first kappa shape index (κ1) is 13.1. The van der Waals surface area contributed by atoms with Crippen LogP contribution >= 0.6 is 0 Å². The van der Waals surface area contributed by atoms with Gasteiger partial charge in [-0.15, -0.1) is 0 Å². The molecule has 2 N–H and O–H groups in total. The number of benzene rings is 1. The summed E-state index contributed by atoms with van der Waals surface area (Å²) in [6.45, 7) is 2.06. The molecule has 0 bridgehead atoms. The van der Waals surface area contributed by atoms with E-state index in [2.05, 4.69) is 18.0 Å². The van der Waals surface area contributed by atoms with Gasteiger partial charge < -0.3 is 10.5 Å². The highest BCUT2D eigenvalue weighted by atomic mass is 32.2. The monoisotopic (exact) mass is 288 g/mol. The molecule has 0 aliphatic carbocycles. The normalized spacial score (nSPS) is 18.4. The number of ether oxygens (including phenoxy) is 1. The van der Waals surface area contributed by atoms with Crippen molar-refractivity contribution in [1.29, 1.82) is 0 Å². The number of anilines is 1. The van der Waals surface area contributed by atoms with Crippen LogP contribution in [0.3, 0.4) is 0 Å². The zero-order chi connectivity index (χ0) is 14.1. The quantitative estimate of drug-likeness (QED) is 0.939. The van der Waals surface area contributed by atoms with E-state index in [-0.39, 0.29) is 6.10 Å². The lowest BCUT2D eigenvalue weighted by Gasteiger charge is -2.10. The summed E-state index contributed by atoms with van der Waals surface area (Å²) in [5.41, 5.74) is 8.67. The molecule has 1 aromatic heterocycles. The van der Waals surface area contributed by atoms with E-state index in [1.54, 1.807) is 18.3 Å². The average Bonchev–Trinajstić information content (AvgIpc) is 2.80. The van der Waals surface area contributed by atoms with Crippen molar-refractivity contribution in [3.63, 3.8) is 0 Å². The minimum absolute atomic E-state index is 0.0750. The molecule has 104 valence electrons. The summed E-state index contributed by atoms with van der Waals surface area (Å²) in [7, 11) is -1.24. The van der Waals surface area contributed by atoms with Crippen molar-refractivity contribution in [3.8, 4) is 5.75 Å². The van der Waals surface area contributed by atoms with Crippen LogP contribution in [0.4, 0.5) is 5.69 Å². The highest BCUT2D eigenvalue weighted by Gasteiger charge is 2.26. The fourth-order valence-electron chi connectivity index (χ4n) is 2.38. The largest absolute Gasteiger partial charge is 0.489 e. The third-order valence-electron chi connectivity index (χ3n) is 3.31. The molecular weight excluding hydrogens is 272 g/mol. The first-order chi connectivity index (χ1) is 9.63. The topological polar surface area (TPSA) is 65.2 Å². The van der Waals surface area contributed by atoms with Crippen LogP contribution in [0.1, 0.15) is 11.1 Å². The zero-order valence-corrected chi connectivity index (χ0v) is 12.0. The van der Waals surface area contributed by atoms with Crippen LogP contribution in [-0.4, -0.2) is 21.0 Å². The maximum absolute atomic E-state index is 12.3. The molecule has 2 heterocycles. The molecule has 2 aromatic rings. The number of nitrogen functional groups attached to an aromatic ring is 1. The molecule has 0 spiro atoms. The number of hydrogen-bond donors (Lipinski definition) is 1. The Balaban J connectivity index is 1.72. The summed E-state index contributed by atoms with van der Waals surface area (Å²) in [4.78, 5) is 4.10. The second-order valence-electron chi connectivity index (χ2n) is 4.97. The van der Waals surface area contributed by atoms with E-state index in [1.165, 1.54) is 11.1 Å². The Labute approximate surface area is 120 Å². The van der Waals surface area contributed by atoms with Crippen LogP contribution in [0.2, 0.25) is 0 Å². The third kappa shape index (κ3) is 2.54. The minimum Gasteiger partial charge on any atom is -0.489 e. The van der Waals surface area contributed by atoms with Crippen molar-refractivity contribution in [2.45, 2.75) is 24.5 Å². The van der Waals surface area contributed by atoms with Crippen molar-refractivity contribution in [2.24, 2.45) is 0 Å². The van der Waals surface area contributed by atoms with Crippen LogP contribution in [-0.2, 0) is 17.2 Å². The van der Waals surface area contributed by atoms with Gasteiger partial charge in [0.1, 0.15) is 16.9 Å². The number of nitrogens with zero attached hydrogens (tertiary/aromatic N) is 1. The van der Waals surface area contributed by atoms with Gasteiger partial charge in [-0.25, -0.2) is 4.98 Å². The average molecular weight is 288 g/mol. The van der Waals surface area contributed by atoms with Crippen molar-refractivity contribution in [3.05, 3.63) is 47.7 Å². The molecule has 2 unspecified atom stereocenters. The molecule has 0 saturated carbocycles. The summed E-state index contributed by atoms with van der Waals surface area (Å²) < 4.78 is 18.2. The Morgan fingerprint density at radius 1 is 1.45 bits per heavy atom. The van der Waals surface area contributed by atoms with Crippen molar-refractivity contribution < 1.29 is 8.95 Å². The van der Waals surface area contributed by atoms with Crippen LogP contribution in [0, 0.1) is 6.92 Å². The van der Waals surface area contributed by atoms with Gasteiger partial charge in [0, 0.05) is 12.6 Å². The van der Waals surface area contributed by atoms with E-state index in [9.17, 15) is 4.21 Å².